The van der Waals surface area contributed by atoms with Gasteiger partial charge in [0.25, 0.3) is 5.91 Å². The minimum absolute atomic E-state index is 0.104. The first-order chi connectivity index (χ1) is 13.6. The standard InChI is InChI=1S/C20H23N3O4S2/c1-12(2)23(4)29(26,27)16-7-5-6-15(11-16)21-20(25)14-8-9-18-17(10-14)22-19(24)13(3)28-18/h5-13H,1-4H3,(H,21,25)(H,22,24). The zero-order valence-electron chi connectivity index (χ0n) is 16.6. The number of benzene rings is 2. The van der Waals surface area contributed by atoms with Crippen molar-refractivity contribution in [1.82, 2.24) is 4.31 Å². The molecule has 1 aliphatic heterocycles. The molecule has 29 heavy (non-hydrogen) atoms. The largest absolute Gasteiger partial charge is 0.324 e. The van der Waals surface area contributed by atoms with Gasteiger partial charge in [-0.15, -0.1) is 11.8 Å². The Morgan fingerprint density at radius 3 is 2.62 bits per heavy atom. The summed E-state index contributed by atoms with van der Waals surface area (Å²) in [4.78, 5) is 25.5. The number of nitrogens with zero attached hydrogens (tertiary/aromatic N) is 1. The molecule has 0 bridgehead atoms. The van der Waals surface area contributed by atoms with Crippen molar-refractivity contribution in [3.8, 4) is 0 Å². The molecule has 154 valence electrons. The molecule has 3 rings (SSSR count). The molecule has 1 atom stereocenters. The van der Waals surface area contributed by atoms with Crippen LogP contribution in [-0.2, 0) is 14.8 Å². The number of hydrogen-bond acceptors (Lipinski definition) is 5. The SMILES string of the molecule is CC1Sc2ccc(C(=O)Nc3cccc(S(=O)(=O)N(C)C(C)C)c3)cc2NC1=O. The number of carbonyl (C=O) groups excluding carboxylic acids is 2. The van der Waals surface area contributed by atoms with Crippen LogP contribution in [0.4, 0.5) is 11.4 Å². The van der Waals surface area contributed by atoms with Gasteiger partial charge in [0.2, 0.25) is 15.9 Å². The van der Waals surface area contributed by atoms with Gasteiger partial charge in [0, 0.05) is 29.2 Å². The molecular weight excluding hydrogens is 410 g/mol. The maximum Gasteiger partial charge on any atom is 0.255 e. The Balaban J connectivity index is 1.82. The molecule has 1 aliphatic rings. The topological polar surface area (TPSA) is 95.6 Å². The predicted molar refractivity (Wildman–Crippen MR) is 115 cm³/mol. The van der Waals surface area contributed by atoms with Crippen LogP contribution in [-0.4, -0.2) is 42.9 Å². The van der Waals surface area contributed by atoms with Crippen LogP contribution in [0.5, 0.6) is 0 Å². The van der Waals surface area contributed by atoms with Gasteiger partial charge in [-0.3, -0.25) is 9.59 Å². The lowest BCUT2D eigenvalue weighted by atomic mass is 10.1. The number of sulfonamides is 1. The summed E-state index contributed by atoms with van der Waals surface area (Å²) in [6.45, 7) is 5.40. The summed E-state index contributed by atoms with van der Waals surface area (Å²) >= 11 is 1.44. The predicted octanol–water partition coefficient (Wildman–Crippen LogP) is 3.40. The van der Waals surface area contributed by atoms with E-state index in [1.807, 2.05) is 6.92 Å². The van der Waals surface area contributed by atoms with Gasteiger partial charge in [0.15, 0.2) is 0 Å². The highest BCUT2D eigenvalue weighted by Crippen LogP contribution is 2.36. The average molecular weight is 434 g/mol. The average Bonchev–Trinajstić information content (AvgIpc) is 2.68. The Kier molecular flexibility index (Phi) is 6.02. The normalized spacial score (nSPS) is 16.5. The van der Waals surface area contributed by atoms with Crippen LogP contribution in [0.15, 0.2) is 52.3 Å². The molecule has 2 aromatic rings. The molecule has 1 heterocycles. The van der Waals surface area contributed by atoms with Crippen molar-refractivity contribution in [3.05, 3.63) is 48.0 Å². The van der Waals surface area contributed by atoms with Crippen molar-refractivity contribution in [1.29, 1.82) is 0 Å². The molecule has 2 amide bonds. The summed E-state index contributed by atoms with van der Waals surface area (Å²) in [7, 11) is -2.13. The summed E-state index contributed by atoms with van der Waals surface area (Å²) < 4.78 is 26.6. The van der Waals surface area contributed by atoms with Gasteiger partial charge in [-0.2, -0.15) is 4.31 Å². The minimum atomic E-state index is -3.65. The fourth-order valence-electron chi connectivity index (χ4n) is 2.73. The summed E-state index contributed by atoms with van der Waals surface area (Å²) in [5.74, 6) is -0.496. The molecule has 0 saturated heterocycles. The lowest BCUT2D eigenvalue weighted by Gasteiger charge is -2.22. The zero-order valence-corrected chi connectivity index (χ0v) is 18.2. The summed E-state index contributed by atoms with van der Waals surface area (Å²) in [6, 6.07) is 11.0. The van der Waals surface area contributed by atoms with Gasteiger partial charge in [-0.25, -0.2) is 8.42 Å². The molecule has 0 spiro atoms. The highest BCUT2D eigenvalue weighted by molar-refractivity contribution is 8.01. The minimum Gasteiger partial charge on any atom is -0.324 e. The molecule has 0 radical (unpaired) electrons. The Hall–Kier alpha value is -2.36. The van der Waals surface area contributed by atoms with Gasteiger partial charge in [-0.1, -0.05) is 6.07 Å². The maximum atomic E-state index is 12.7. The number of hydrogen-bond donors (Lipinski definition) is 2. The van der Waals surface area contributed by atoms with Crippen LogP contribution in [0.3, 0.4) is 0 Å². The first-order valence-electron chi connectivity index (χ1n) is 9.10. The van der Waals surface area contributed by atoms with E-state index >= 15 is 0 Å². The van der Waals surface area contributed by atoms with E-state index in [0.29, 0.717) is 16.9 Å². The van der Waals surface area contributed by atoms with Crippen LogP contribution >= 0.6 is 11.8 Å². The van der Waals surface area contributed by atoms with E-state index in [0.717, 1.165) is 4.90 Å². The molecule has 0 fully saturated rings. The van der Waals surface area contributed by atoms with Crippen LogP contribution in [0, 0.1) is 0 Å². The number of nitrogens with one attached hydrogen (secondary N) is 2. The Bertz CT molecular complexity index is 1070. The van der Waals surface area contributed by atoms with Crippen LogP contribution in [0.1, 0.15) is 31.1 Å². The summed E-state index contributed by atoms with van der Waals surface area (Å²) in [6.07, 6.45) is 0. The van der Waals surface area contributed by atoms with Crippen molar-refractivity contribution >= 4 is 45.0 Å². The van der Waals surface area contributed by atoms with Crippen molar-refractivity contribution in [3.63, 3.8) is 0 Å². The van der Waals surface area contributed by atoms with E-state index < -0.39 is 15.9 Å². The third kappa shape index (κ3) is 4.47. The highest BCUT2D eigenvalue weighted by atomic mass is 32.2. The molecule has 0 saturated carbocycles. The molecule has 2 N–H and O–H groups in total. The third-order valence-corrected chi connectivity index (χ3v) is 7.88. The van der Waals surface area contributed by atoms with Crippen LogP contribution in [0.2, 0.25) is 0 Å². The van der Waals surface area contributed by atoms with Gasteiger partial charge in [-0.05, 0) is 57.2 Å². The fraction of sp³-hybridized carbons (Fsp3) is 0.300. The van der Waals surface area contributed by atoms with Gasteiger partial charge >= 0.3 is 0 Å². The summed E-state index contributed by atoms with van der Waals surface area (Å²) in [5.41, 5.74) is 1.34. The van der Waals surface area contributed by atoms with Gasteiger partial charge in [0.05, 0.1) is 15.8 Å². The summed E-state index contributed by atoms with van der Waals surface area (Å²) in [5, 5.41) is 5.34. The molecule has 1 unspecified atom stereocenters. The Labute approximate surface area is 174 Å². The van der Waals surface area contributed by atoms with E-state index in [9.17, 15) is 18.0 Å². The van der Waals surface area contributed by atoms with Crippen molar-refractivity contribution in [2.75, 3.05) is 17.7 Å². The Morgan fingerprint density at radius 2 is 1.93 bits per heavy atom. The first kappa shape index (κ1) is 21.4. The molecule has 0 aliphatic carbocycles. The zero-order chi connectivity index (χ0) is 21.3. The third-order valence-electron chi connectivity index (χ3n) is 4.67. The lowest BCUT2D eigenvalue weighted by molar-refractivity contribution is -0.115. The fourth-order valence-corrected chi connectivity index (χ4v) is 5.08. The lowest BCUT2D eigenvalue weighted by Crippen LogP contribution is -2.33. The maximum absolute atomic E-state index is 12.7. The van der Waals surface area contributed by atoms with Crippen LogP contribution in [0.25, 0.3) is 0 Å². The quantitative estimate of drug-likeness (QED) is 0.753. The first-order valence-corrected chi connectivity index (χ1v) is 11.4. The number of rotatable bonds is 5. The number of amides is 2. The second-order valence-corrected chi connectivity index (χ2v) is 10.4. The van der Waals surface area contributed by atoms with Crippen molar-refractivity contribution in [2.45, 2.75) is 41.9 Å². The molecule has 0 aromatic heterocycles. The van der Waals surface area contributed by atoms with E-state index in [-0.39, 0.29) is 22.1 Å². The second kappa shape index (κ2) is 8.17. The van der Waals surface area contributed by atoms with Gasteiger partial charge < -0.3 is 10.6 Å². The number of thioether (sulfide) groups is 1. The van der Waals surface area contributed by atoms with E-state index in [2.05, 4.69) is 10.6 Å². The Morgan fingerprint density at radius 1 is 1.21 bits per heavy atom. The molecule has 7 nitrogen and oxygen atoms in total. The second-order valence-electron chi connectivity index (χ2n) is 7.06. The van der Waals surface area contributed by atoms with E-state index in [4.69, 9.17) is 0 Å². The van der Waals surface area contributed by atoms with Crippen molar-refractivity contribution < 1.29 is 18.0 Å². The number of anilines is 2. The van der Waals surface area contributed by atoms with Gasteiger partial charge in [0.1, 0.15) is 0 Å². The molecular formula is C20H23N3O4S2. The monoisotopic (exact) mass is 433 g/mol. The van der Waals surface area contributed by atoms with E-state index in [1.165, 1.54) is 35.2 Å². The van der Waals surface area contributed by atoms with Crippen molar-refractivity contribution in [2.24, 2.45) is 0 Å². The smallest absolute Gasteiger partial charge is 0.255 e. The number of fused-ring (bicyclic) bond motifs is 1. The van der Waals surface area contributed by atoms with E-state index in [1.54, 1.807) is 44.2 Å². The number of carbonyl (C=O) groups is 2. The van der Waals surface area contributed by atoms with Crippen LogP contribution < -0.4 is 10.6 Å². The molecule has 2 aromatic carbocycles. The highest BCUT2D eigenvalue weighted by Gasteiger charge is 2.25. The molecule has 9 heteroatoms.